The van der Waals surface area contributed by atoms with Crippen molar-refractivity contribution in [2.45, 2.75) is 13.3 Å². The van der Waals surface area contributed by atoms with Gasteiger partial charge in [0.2, 0.25) is 0 Å². The van der Waals surface area contributed by atoms with Gasteiger partial charge >= 0.3 is 0 Å². The molecule has 0 saturated carbocycles. The number of benzene rings is 1. The quantitative estimate of drug-likeness (QED) is 0.768. The van der Waals surface area contributed by atoms with Gasteiger partial charge in [0.25, 0.3) is 0 Å². The van der Waals surface area contributed by atoms with Crippen LogP contribution in [0, 0.1) is 17.2 Å². The molecule has 0 radical (unpaired) electrons. The van der Waals surface area contributed by atoms with E-state index in [0.29, 0.717) is 11.4 Å². The Morgan fingerprint density at radius 3 is 2.94 bits per heavy atom. The molecule has 1 unspecified atom stereocenters. The van der Waals surface area contributed by atoms with Crippen LogP contribution in [0.2, 0.25) is 0 Å². The average molecular weight is 212 g/mol. The Morgan fingerprint density at radius 1 is 1.44 bits per heavy atom. The lowest BCUT2D eigenvalue weighted by molar-refractivity contribution is 0.783. The summed E-state index contributed by atoms with van der Waals surface area (Å²) in [5.74, 6) is 0.805. The number of rotatable bonds is 1. The molecule has 0 aromatic heterocycles. The van der Waals surface area contributed by atoms with Gasteiger partial charge in [-0.1, -0.05) is 19.1 Å². The molecule has 1 aromatic rings. The number of nitrogens with zero attached hydrogens (tertiary/aromatic N) is 3. The number of amidine groups is 1. The van der Waals surface area contributed by atoms with Crippen LogP contribution in [-0.4, -0.2) is 11.5 Å². The van der Waals surface area contributed by atoms with Gasteiger partial charge in [-0.25, -0.2) is 0 Å². The van der Waals surface area contributed by atoms with Crippen molar-refractivity contribution in [2.24, 2.45) is 21.9 Å². The Bertz CT molecular complexity index is 508. The van der Waals surface area contributed by atoms with Crippen LogP contribution >= 0.6 is 0 Å². The van der Waals surface area contributed by atoms with Crippen molar-refractivity contribution in [1.82, 2.24) is 0 Å². The van der Waals surface area contributed by atoms with Crippen LogP contribution in [0.25, 0.3) is 0 Å². The summed E-state index contributed by atoms with van der Waals surface area (Å²) >= 11 is 0. The minimum atomic E-state index is 0.242. The van der Waals surface area contributed by atoms with E-state index in [1.807, 2.05) is 18.2 Å². The van der Waals surface area contributed by atoms with Gasteiger partial charge < -0.3 is 5.73 Å². The van der Waals surface area contributed by atoms with E-state index < -0.39 is 0 Å². The van der Waals surface area contributed by atoms with E-state index in [4.69, 9.17) is 11.0 Å². The van der Waals surface area contributed by atoms with E-state index in [0.717, 1.165) is 17.7 Å². The van der Waals surface area contributed by atoms with E-state index in [2.05, 4.69) is 23.2 Å². The van der Waals surface area contributed by atoms with E-state index >= 15 is 0 Å². The molecular formula is C12H12N4. The molecule has 0 aliphatic carbocycles. The Kier molecular flexibility index (Phi) is 2.69. The fraction of sp³-hybridized carbons (Fsp3) is 0.250. The van der Waals surface area contributed by atoms with E-state index in [9.17, 15) is 0 Å². The van der Waals surface area contributed by atoms with Gasteiger partial charge in [-0.3, -0.25) is 0 Å². The highest BCUT2D eigenvalue weighted by Gasteiger charge is 2.18. The number of nitrogens with two attached hydrogens (primary N) is 1. The largest absolute Gasteiger partial charge is 0.386 e. The second-order valence-corrected chi connectivity index (χ2v) is 3.87. The third-order valence-electron chi connectivity index (χ3n) is 2.56. The highest BCUT2D eigenvalue weighted by atomic mass is 15.2. The second-order valence-electron chi connectivity index (χ2n) is 3.87. The number of hydrogen-bond donors (Lipinski definition) is 1. The summed E-state index contributed by atoms with van der Waals surface area (Å²) in [5.41, 5.74) is 8.09. The van der Waals surface area contributed by atoms with Gasteiger partial charge in [-0.2, -0.15) is 10.4 Å². The van der Waals surface area contributed by atoms with Gasteiger partial charge in [-0.15, -0.1) is 5.10 Å². The molecule has 0 amide bonds. The predicted octanol–water partition coefficient (Wildman–Crippen LogP) is 1.66. The van der Waals surface area contributed by atoms with E-state index in [1.54, 1.807) is 6.07 Å². The van der Waals surface area contributed by atoms with E-state index in [1.165, 1.54) is 0 Å². The van der Waals surface area contributed by atoms with Crippen LogP contribution in [0.5, 0.6) is 0 Å². The van der Waals surface area contributed by atoms with Gasteiger partial charge in [0.15, 0.2) is 0 Å². The fourth-order valence-electron chi connectivity index (χ4n) is 1.76. The van der Waals surface area contributed by atoms with Crippen LogP contribution in [0.1, 0.15) is 24.5 Å². The monoisotopic (exact) mass is 212 g/mol. The normalized spacial score (nSPS) is 19.6. The molecule has 1 atom stereocenters. The van der Waals surface area contributed by atoms with Crippen LogP contribution in [-0.2, 0) is 0 Å². The van der Waals surface area contributed by atoms with Gasteiger partial charge in [-0.05, 0) is 17.7 Å². The molecular weight excluding hydrogens is 200 g/mol. The second kappa shape index (κ2) is 4.15. The standard InChI is InChI=1S/C12H12N4/c1-8-5-11(14)15-16-12(8)10-4-2-3-9(6-10)7-13/h2-4,6,8H,5H2,1H3,(H2,14,15). The summed E-state index contributed by atoms with van der Waals surface area (Å²) in [5, 5.41) is 16.8. The molecule has 0 bridgehead atoms. The van der Waals surface area contributed by atoms with Crippen molar-refractivity contribution in [3.05, 3.63) is 35.4 Å². The average Bonchev–Trinajstić information content (AvgIpc) is 2.29. The molecule has 2 rings (SSSR count). The zero-order chi connectivity index (χ0) is 11.5. The van der Waals surface area contributed by atoms with Crippen molar-refractivity contribution < 1.29 is 0 Å². The molecule has 2 N–H and O–H groups in total. The smallest absolute Gasteiger partial charge is 0.123 e. The topological polar surface area (TPSA) is 74.5 Å². The molecule has 80 valence electrons. The molecule has 0 saturated heterocycles. The summed E-state index contributed by atoms with van der Waals surface area (Å²) in [6.07, 6.45) is 0.718. The Labute approximate surface area is 94.1 Å². The van der Waals surface area contributed by atoms with Crippen LogP contribution in [0.3, 0.4) is 0 Å². The number of hydrogen-bond acceptors (Lipinski definition) is 4. The third-order valence-corrected chi connectivity index (χ3v) is 2.56. The van der Waals surface area contributed by atoms with Crippen molar-refractivity contribution in [3.63, 3.8) is 0 Å². The van der Waals surface area contributed by atoms with Crippen molar-refractivity contribution in [2.75, 3.05) is 0 Å². The maximum atomic E-state index is 8.83. The van der Waals surface area contributed by atoms with E-state index in [-0.39, 0.29) is 5.92 Å². The maximum absolute atomic E-state index is 8.83. The lowest BCUT2D eigenvalue weighted by atomic mass is 9.93. The third kappa shape index (κ3) is 1.94. The lowest BCUT2D eigenvalue weighted by Crippen LogP contribution is -2.25. The molecule has 16 heavy (non-hydrogen) atoms. The molecule has 1 heterocycles. The van der Waals surface area contributed by atoms with Crippen LogP contribution in [0.15, 0.2) is 34.5 Å². The Hall–Kier alpha value is -2.15. The molecule has 0 fully saturated rings. The first kappa shape index (κ1) is 10.4. The summed E-state index contributed by atoms with van der Waals surface area (Å²) in [7, 11) is 0. The van der Waals surface area contributed by atoms with Crippen LogP contribution < -0.4 is 5.73 Å². The zero-order valence-electron chi connectivity index (χ0n) is 9.01. The minimum Gasteiger partial charge on any atom is -0.386 e. The number of nitriles is 1. The lowest BCUT2D eigenvalue weighted by Gasteiger charge is -2.17. The molecule has 1 aliphatic rings. The fourth-order valence-corrected chi connectivity index (χ4v) is 1.76. The first-order chi connectivity index (χ1) is 7.70. The summed E-state index contributed by atoms with van der Waals surface area (Å²) in [6, 6.07) is 9.50. The SMILES string of the molecule is CC1CC(N)=NN=C1c1cccc(C#N)c1. The van der Waals surface area contributed by atoms with Crippen molar-refractivity contribution in [3.8, 4) is 6.07 Å². The van der Waals surface area contributed by atoms with Crippen LogP contribution in [0.4, 0.5) is 0 Å². The highest BCUT2D eigenvalue weighted by molar-refractivity contribution is 6.05. The van der Waals surface area contributed by atoms with Crippen molar-refractivity contribution in [1.29, 1.82) is 5.26 Å². The molecule has 1 aromatic carbocycles. The summed E-state index contributed by atoms with van der Waals surface area (Å²) < 4.78 is 0. The highest BCUT2D eigenvalue weighted by Crippen LogP contribution is 2.18. The molecule has 0 spiro atoms. The predicted molar refractivity (Wildman–Crippen MR) is 63.1 cm³/mol. The van der Waals surface area contributed by atoms with Crippen molar-refractivity contribution >= 4 is 11.5 Å². The van der Waals surface area contributed by atoms with Gasteiger partial charge in [0.1, 0.15) is 5.84 Å². The maximum Gasteiger partial charge on any atom is 0.123 e. The molecule has 1 aliphatic heterocycles. The van der Waals surface area contributed by atoms with Gasteiger partial charge in [0, 0.05) is 12.3 Å². The van der Waals surface area contributed by atoms with Gasteiger partial charge in [0.05, 0.1) is 17.3 Å². The Balaban J connectivity index is 2.41. The first-order valence-corrected chi connectivity index (χ1v) is 5.11. The molecule has 4 nitrogen and oxygen atoms in total. The summed E-state index contributed by atoms with van der Waals surface area (Å²) in [4.78, 5) is 0. The Morgan fingerprint density at radius 2 is 2.25 bits per heavy atom. The molecule has 4 heteroatoms. The first-order valence-electron chi connectivity index (χ1n) is 5.11. The minimum absolute atomic E-state index is 0.242. The zero-order valence-corrected chi connectivity index (χ0v) is 9.01. The summed E-state index contributed by atoms with van der Waals surface area (Å²) in [6.45, 7) is 2.05.